The molecule has 1 aromatic heterocycles. The molecule has 2 rings (SSSR count). The van der Waals surface area contributed by atoms with E-state index >= 15 is 0 Å². The summed E-state index contributed by atoms with van der Waals surface area (Å²) in [5.74, 6) is -0.696. The zero-order valence-electron chi connectivity index (χ0n) is 11.2. The number of likely N-dealkylation sites (tertiary alicyclic amines) is 1. The maximum Gasteiger partial charge on any atom is 0.332 e. The lowest BCUT2D eigenvalue weighted by molar-refractivity contribution is -0.133. The minimum Gasteiger partial charge on any atom is -0.466 e. The van der Waals surface area contributed by atoms with Gasteiger partial charge in [-0.1, -0.05) is 0 Å². The van der Waals surface area contributed by atoms with Gasteiger partial charge in [-0.3, -0.25) is 9.59 Å². The van der Waals surface area contributed by atoms with Gasteiger partial charge in [-0.15, -0.1) is 11.3 Å². The van der Waals surface area contributed by atoms with Crippen LogP contribution in [0, 0.1) is 0 Å². The molecule has 0 radical (unpaired) electrons. The third-order valence-electron chi connectivity index (χ3n) is 3.05. The molecule has 1 saturated heterocycles. The van der Waals surface area contributed by atoms with Crippen LogP contribution in [-0.2, 0) is 14.3 Å². The number of carbonyl (C=O) groups excluding carboxylic acids is 2. The second kappa shape index (κ2) is 6.51. The number of H-pyrrole nitrogens is 1. The van der Waals surface area contributed by atoms with Crippen molar-refractivity contribution in [1.82, 2.24) is 9.88 Å². The number of rotatable bonds is 2. The highest BCUT2D eigenvalue weighted by Crippen LogP contribution is 2.08. The Morgan fingerprint density at radius 3 is 2.60 bits per heavy atom. The molecule has 6 nitrogen and oxygen atoms in total. The van der Waals surface area contributed by atoms with Gasteiger partial charge in [0.2, 0.25) is 5.91 Å². The van der Waals surface area contributed by atoms with Crippen molar-refractivity contribution < 1.29 is 14.3 Å². The maximum atomic E-state index is 12.0. The van der Waals surface area contributed by atoms with Crippen LogP contribution in [0.25, 0.3) is 12.2 Å². The zero-order chi connectivity index (χ0) is 14.5. The largest absolute Gasteiger partial charge is 0.466 e. The normalized spacial score (nSPS) is 17.4. The first kappa shape index (κ1) is 14.5. The number of piperidine rings is 1. The van der Waals surface area contributed by atoms with E-state index in [0.29, 0.717) is 4.66 Å². The summed E-state index contributed by atoms with van der Waals surface area (Å²) in [6.45, 7) is 1.51. The number of nitrogens with zero attached hydrogens (tertiary/aromatic N) is 1. The van der Waals surface area contributed by atoms with Crippen LogP contribution in [-0.4, -0.2) is 42.0 Å². The van der Waals surface area contributed by atoms with Gasteiger partial charge in [-0.05, 0) is 19.3 Å². The summed E-state index contributed by atoms with van der Waals surface area (Å²) in [5.41, 5.74) is -0.391. The van der Waals surface area contributed by atoms with Gasteiger partial charge in [0.1, 0.15) is 9.20 Å². The molecular weight excluding hydrogens is 280 g/mol. The fourth-order valence-electron chi connectivity index (χ4n) is 2.01. The number of methoxy groups -OCH3 is 1. The van der Waals surface area contributed by atoms with Crippen LogP contribution in [0.1, 0.15) is 19.3 Å². The van der Waals surface area contributed by atoms with E-state index in [4.69, 9.17) is 0 Å². The van der Waals surface area contributed by atoms with Crippen molar-refractivity contribution in [2.24, 2.45) is 0 Å². The molecule has 1 amide bonds. The molecule has 0 bridgehead atoms. The first-order chi connectivity index (χ1) is 9.60. The maximum absolute atomic E-state index is 12.0. The predicted molar refractivity (Wildman–Crippen MR) is 75.6 cm³/mol. The molecule has 20 heavy (non-hydrogen) atoms. The van der Waals surface area contributed by atoms with Crippen LogP contribution in [0.2, 0.25) is 0 Å². The van der Waals surface area contributed by atoms with Crippen LogP contribution in [0.15, 0.2) is 4.79 Å². The number of aromatic amines is 1. The van der Waals surface area contributed by atoms with E-state index in [1.54, 1.807) is 4.90 Å². The Labute approximate surface area is 119 Å². The molecule has 1 N–H and O–H groups in total. The van der Waals surface area contributed by atoms with E-state index in [2.05, 4.69) is 9.72 Å². The molecule has 0 saturated carbocycles. The van der Waals surface area contributed by atoms with Gasteiger partial charge in [-0.2, -0.15) is 0 Å². The van der Waals surface area contributed by atoms with E-state index < -0.39 is 11.5 Å². The summed E-state index contributed by atoms with van der Waals surface area (Å²) < 4.78 is 5.14. The molecule has 0 aliphatic carbocycles. The lowest BCUT2D eigenvalue weighted by Gasteiger charge is -2.25. The lowest BCUT2D eigenvalue weighted by atomic mass is 10.1. The average Bonchev–Trinajstić information content (AvgIpc) is 2.79. The van der Waals surface area contributed by atoms with Gasteiger partial charge < -0.3 is 14.6 Å². The van der Waals surface area contributed by atoms with Gasteiger partial charge in [0.25, 0.3) is 5.56 Å². The number of amides is 1. The molecule has 0 aromatic carbocycles. The van der Waals surface area contributed by atoms with Crippen LogP contribution < -0.4 is 14.8 Å². The Bertz CT molecular complexity index is 667. The highest BCUT2D eigenvalue weighted by Gasteiger charge is 2.14. The zero-order valence-corrected chi connectivity index (χ0v) is 12.0. The van der Waals surface area contributed by atoms with Gasteiger partial charge in [0.15, 0.2) is 0 Å². The number of hydrogen-bond donors (Lipinski definition) is 1. The van der Waals surface area contributed by atoms with E-state index in [9.17, 15) is 14.4 Å². The molecule has 0 unspecified atom stereocenters. The van der Waals surface area contributed by atoms with Crippen molar-refractivity contribution in [3.05, 3.63) is 19.5 Å². The molecule has 0 atom stereocenters. The van der Waals surface area contributed by atoms with Crippen LogP contribution in [0.4, 0.5) is 0 Å². The molecule has 2 heterocycles. The molecule has 7 heteroatoms. The summed E-state index contributed by atoms with van der Waals surface area (Å²) in [6.07, 6.45) is 5.71. The van der Waals surface area contributed by atoms with Gasteiger partial charge in [0.05, 0.1) is 7.11 Å². The number of hydrogen-bond acceptors (Lipinski definition) is 5. The van der Waals surface area contributed by atoms with E-state index in [1.165, 1.54) is 13.2 Å². The number of nitrogens with one attached hydrogen (secondary N) is 1. The second-order valence-corrected chi connectivity index (χ2v) is 5.57. The smallest absolute Gasteiger partial charge is 0.332 e. The minimum atomic E-state index is -0.591. The predicted octanol–water partition coefficient (Wildman–Crippen LogP) is -0.817. The molecule has 0 spiro atoms. The fourth-order valence-corrected chi connectivity index (χ4v) is 2.85. The van der Waals surface area contributed by atoms with Crippen LogP contribution in [0.5, 0.6) is 0 Å². The van der Waals surface area contributed by atoms with Crippen molar-refractivity contribution in [3.8, 4) is 0 Å². The summed E-state index contributed by atoms with van der Waals surface area (Å²) in [5, 5.41) is 0. The standard InChI is InChI=1S/C13H16N2O4S/c1-19-12(17)7-9-13(18)14-10(20-9)8-11(16)15-5-3-2-4-6-15/h7-8H,2-6H2,1H3,(H,14,18)/b9-7-,10-8+. The lowest BCUT2D eigenvalue weighted by Crippen LogP contribution is -2.35. The number of esters is 1. The van der Waals surface area contributed by atoms with E-state index in [-0.39, 0.29) is 10.4 Å². The minimum absolute atomic E-state index is 0.105. The summed E-state index contributed by atoms with van der Waals surface area (Å²) in [4.78, 5) is 39.1. The Kier molecular flexibility index (Phi) is 4.73. The number of carbonyl (C=O) groups is 2. The van der Waals surface area contributed by atoms with Crippen molar-refractivity contribution in [1.29, 1.82) is 0 Å². The van der Waals surface area contributed by atoms with E-state index in [0.717, 1.165) is 49.8 Å². The van der Waals surface area contributed by atoms with Crippen molar-refractivity contribution >= 4 is 35.4 Å². The van der Waals surface area contributed by atoms with Gasteiger partial charge >= 0.3 is 5.97 Å². The average molecular weight is 296 g/mol. The van der Waals surface area contributed by atoms with Crippen LogP contribution >= 0.6 is 11.3 Å². The molecule has 1 fully saturated rings. The number of ether oxygens (including phenoxy) is 1. The molecular formula is C13H16N2O4S. The van der Waals surface area contributed by atoms with Crippen molar-refractivity contribution in [2.75, 3.05) is 20.2 Å². The fraction of sp³-hybridized carbons (Fsp3) is 0.462. The second-order valence-electron chi connectivity index (χ2n) is 4.48. The summed E-state index contributed by atoms with van der Waals surface area (Å²) >= 11 is 1.07. The highest BCUT2D eigenvalue weighted by atomic mass is 32.1. The molecule has 1 aliphatic rings. The van der Waals surface area contributed by atoms with Crippen molar-refractivity contribution in [2.45, 2.75) is 19.3 Å². The Hall–Kier alpha value is -1.89. The molecule has 108 valence electrons. The summed E-state index contributed by atoms with van der Waals surface area (Å²) in [6, 6.07) is 0. The van der Waals surface area contributed by atoms with E-state index in [1.807, 2.05) is 0 Å². The number of aromatic nitrogens is 1. The van der Waals surface area contributed by atoms with Crippen LogP contribution in [0.3, 0.4) is 0 Å². The SMILES string of the molecule is COC(=O)/C=c1\s/c(=C/C(=O)N2CCCCC2)[nH]c1=O. The monoisotopic (exact) mass is 296 g/mol. The summed E-state index contributed by atoms with van der Waals surface area (Å²) in [7, 11) is 1.24. The Morgan fingerprint density at radius 2 is 1.95 bits per heavy atom. The first-order valence-corrected chi connectivity index (χ1v) is 7.21. The Balaban J connectivity index is 2.25. The quantitative estimate of drug-likeness (QED) is 0.723. The molecule has 1 aromatic rings. The molecule has 1 aliphatic heterocycles. The number of thiazole rings is 1. The van der Waals surface area contributed by atoms with Gasteiger partial charge in [-0.25, -0.2) is 4.79 Å². The topological polar surface area (TPSA) is 79.5 Å². The van der Waals surface area contributed by atoms with Crippen molar-refractivity contribution in [3.63, 3.8) is 0 Å². The first-order valence-electron chi connectivity index (χ1n) is 6.39. The highest BCUT2D eigenvalue weighted by molar-refractivity contribution is 7.07. The Morgan fingerprint density at radius 1 is 1.25 bits per heavy atom. The van der Waals surface area contributed by atoms with Gasteiger partial charge in [0, 0.05) is 25.2 Å². The third-order valence-corrected chi connectivity index (χ3v) is 4.02. The third kappa shape index (κ3) is 3.57.